The first-order valence-electron chi connectivity index (χ1n) is 8.14. The Labute approximate surface area is 129 Å². The second-order valence-corrected chi connectivity index (χ2v) is 6.19. The normalized spacial score (nSPS) is 13.5. The number of nitrogens with one attached hydrogen (secondary N) is 1. The monoisotopic (exact) mass is 300 g/mol. The van der Waals surface area contributed by atoms with Gasteiger partial charge in [0.1, 0.15) is 6.71 Å². The molecule has 0 aliphatic carbocycles. The summed E-state index contributed by atoms with van der Waals surface area (Å²) >= 11 is 0. The van der Waals surface area contributed by atoms with Crippen molar-refractivity contribution in [1.29, 1.82) is 0 Å². The lowest BCUT2D eigenvalue weighted by atomic mass is 9.37. The molecule has 2 nitrogen and oxygen atoms in total. The third-order valence-electron chi connectivity index (χ3n) is 3.70. The predicted octanol–water partition coefficient (Wildman–Crippen LogP) is 5.58. The summed E-state index contributed by atoms with van der Waals surface area (Å²) in [5, 5.41) is 0. The highest BCUT2D eigenvalue weighted by molar-refractivity contribution is 6.60. The van der Waals surface area contributed by atoms with Crippen LogP contribution in [0.3, 0.4) is 0 Å². The summed E-state index contributed by atoms with van der Waals surface area (Å²) < 4.78 is 25.3. The van der Waals surface area contributed by atoms with Crippen LogP contribution in [0.2, 0.25) is 18.5 Å². The molecule has 0 saturated heterocycles. The van der Waals surface area contributed by atoms with E-state index in [-0.39, 0.29) is 0 Å². The molecule has 1 N–H and O–H groups in total. The number of hydrogen-bond acceptors (Lipinski definition) is 1. The van der Waals surface area contributed by atoms with Crippen molar-refractivity contribution in [2.45, 2.75) is 84.2 Å². The van der Waals surface area contributed by atoms with Gasteiger partial charge < -0.3 is 4.98 Å². The van der Waals surface area contributed by atoms with Gasteiger partial charge >= 0.3 is 0 Å². The van der Waals surface area contributed by atoms with Gasteiger partial charge in [-0.15, -0.1) is 0 Å². The van der Waals surface area contributed by atoms with Crippen molar-refractivity contribution in [2.24, 2.45) is 0 Å². The molecule has 0 amide bonds. The first kappa shape index (κ1) is 20.1. The molecule has 2 atom stereocenters. The molecule has 0 aliphatic rings. The van der Waals surface area contributed by atoms with E-state index in [2.05, 4.69) is 23.8 Å². The Hall–Kier alpha value is -0.865. The van der Waals surface area contributed by atoms with Crippen molar-refractivity contribution in [3.63, 3.8) is 0 Å². The third-order valence-corrected chi connectivity index (χ3v) is 3.70. The zero-order chi connectivity index (χ0) is 16.1. The summed E-state index contributed by atoms with van der Waals surface area (Å²) in [5.41, 5.74) is 0. The Morgan fingerprint density at radius 3 is 1.76 bits per heavy atom. The van der Waals surface area contributed by atoms with Gasteiger partial charge in [-0.1, -0.05) is 45.1 Å². The molecule has 0 radical (unpaired) electrons. The molecule has 2 unspecified atom stereocenters. The van der Waals surface area contributed by atoms with Crippen molar-refractivity contribution in [1.82, 2.24) is 9.97 Å². The van der Waals surface area contributed by atoms with Gasteiger partial charge in [-0.2, -0.15) is 0 Å². The maximum atomic E-state index is 12.7. The third kappa shape index (κ3) is 13.9. The van der Waals surface area contributed by atoms with Crippen LogP contribution in [0, 0.1) is 0 Å². The molecule has 0 bridgehead atoms. The molecule has 5 heteroatoms. The number of halogens is 2. The summed E-state index contributed by atoms with van der Waals surface area (Å²) in [6.07, 6.45) is 9.17. The van der Waals surface area contributed by atoms with E-state index in [0.717, 1.165) is 25.5 Å². The number of aromatic amines is 1. The lowest BCUT2D eigenvalue weighted by Crippen LogP contribution is -2.17. The lowest BCUT2D eigenvalue weighted by Gasteiger charge is -2.17. The van der Waals surface area contributed by atoms with E-state index in [9.17, 15) is 8.78 Å². The maximum absolute atomic E-state index is 12.7. The van der Waals surface area contributed by atoms with Crippen molar-refractivity contribution >= 4 is 6.71 Å². The van der Waals surface area contributed by atoms with Gasteiger partial charge in [-0.05, 0) is 26.7 Å². The number of rotatable bonds is 9. The number of alkyl halides is 2. The van der Waals surface area contributed by atoms with E-state index in [1.807, 2.05) is 0 Å². The quantitative estimate of drug-likeness (QED) is 0.593. The average molecular weight is 300 g/mol. The maximum Gasteiger partial charge on any atom is 0.142 e. The van der Waals surface area contributed by atoms with Crippen molar-refractivity contribution in [3.8, 4) is 0 Å². The molecule has 0 aliphatic heterocycles. The van der Waals surface area contributed by atoms with E-state index in [1.54, 1.807) is 32.6 Å². The Bertz CT molecular complexity index is 272. The highest BCUT2D eigenvalue weighted by Crippen LogP contribution is 2.22. The summed E-state index contributed by atoms with van der Waals surface area (Å²) in [4.78, 5) is 6.42. The fourth-order valence-corrected chi connectivity index (χ4v) is 2.35. The number of imidazole rings is 1. The Kier molecular flexibility index (Phi) is 12.3. The minimum Gasteiger partial charge on any atom is -0.351 e. The van der Waals surface area contributed by atoms with Crippen LogP contribution in [0.4, 0.5) is 8.78 Å². The fraction of sp³-hybridized carbons (Fsp3) is 0.812. The van der Waals surface area contributed by atoms with Gasteiger partial charge in [0.05, 0.1) is 18.7 Å². The Morgan fingerprint density at radius 2 is 1.52 bits per heavy atom. The summed E-state index contributed by atoms with van der Waals surface area (Å²) in [6.45, 7) is 8.30. The summed E-state index contributed by atoms with van der Waals surface area (Å²) in [6, 6.07) is 0. The zero-order valence-corrected chi connectivity index (χ0v) is 14.0. The van der Waals surface area contributed by atoms with Crippen molar-refractivity contribution in [3.05, 3.63) is 18.7 Å². The standard InChI is InChI=1S/C13H27BF2.C3H4N2/c1-11(2)14(9-5-7-12(3)15)10-6-8-13(4)16;1-2-5-3-4-1/h11-13H,5-10H2,1-4H3;1-3H,(H,4,5). The SMILES string of the molecule is CC(F)CCCB(CCCC(C)F)C(C)C.c1c[nH]cn1. The first-order valence-corrected chi connectivity index (χ1v) is 8.14. The fourth-order valence-electron chi connectivity index (χ4n) is 2.35. The zero-order valence-electron chi connectivity index (χ0n) is 14.0. The molecular formula is C16H31BF2N2. The van der Waals surface area contributed by atoms with E-state index in [0.29, 0.717) is 25.4 Å². The predicted molar refractivity (Wildman–Crippen MR) is 88.7 cm³/mol. The molecule has 0 aromatic carbocycles. The molecule has 21 heavy (non-hydrogen) atoms. The number of H-pyrrole nitrogens is 1. The molecule has 122 valence electrons. The van der Waals surface area contributed by atoms with Crippen LogP contribution in [0.1, 0.15) is 53.4 Å². The van der Waals surface area contributed by atoms with Crippen LogP contribution in [-0.4, -0.2) is 29.0 Å². The number of hydrogen-bond donors (Lipinski definition) is 1. The minimum absolute atomic E-state index is 0.629. The van der Waals surface area contributed by atoms with E-state index < -0.39 is 12.3 Å². The van der Waals surface area contributed by atoms with Gasteiger partial charge in [0, 0.05) is 12.4 Å². The molecule has 1 aromatic heterocycles. The highest BCUT2D eigenvalue weighted by atomic mass is 19.1. The largest absolute Gasteiger partial charge is 0.351 e. The van der Waals surface area contributed by atoms with Gasteiger partial charge in [-0.3, -0.25) is 0 Å². The highest BCUT2D eigenvalue weighted by Gasteiger charge is 2.17. The summed E-state index contributed by atoms with van der Waals surface area (Å²) in [5.74, 6) is 0.629. The topological polar surface area (TPSA) is 28.7 Å². The van der Waals surface area contributed by atoms with Crippen molar-refractivity contribution in [2.75, 3.05) is 0 Å². The Balaban J connectivity index is 0.000000662. The minimum atomic E-state index is -0.682. The number of nitrogens with zero attached hydrogens (tertiary/aromatic N) is 1. The Morgan fingerprint density at radius 1 is 1.00 bits per heavy atom. The van der Waals surface area contributed by atoms with Crippen LogP contribution in [-0.2, 0) is 0 Å². The first-order chi connectivity index (χ1) is 9.93. The molecule has 0 fully saturated rings. The average Bonchev–Trinajstić information content (AvgIpc) is 2.94. The summed E-state index contributed by atoms with van der Waals surface area (Å²) in [7, 11) is 0. The van der Waals surface area contributed by atoms with E-state index in [4.69, 9.17) is 0 Å². The molecule has 1 rings (SSSR count). The molecule has 0 saturated carbocycles. The van der Waals surface area contributed by atoms with Crippen LogP contribution < -0.4 is 0 Å². The van der Waals surface area contributed by atoms with Gasteiger partial charge in [0.15, 0.2) is 0 Å². The van der Waals surface area contributed by atoms with E-state index in [1.165, 1.54) is 0 Å². The smallest absolute Gasteiger partial charge is 0.142 e. The molecular weight excluding hydrogens is 269 g/mol. The van der Waals surface area contributed by atoms with Crippen LogP contribution in [0.5, 0.6) is 0 Å². The van der Waals surface area contributed by atoms with Gasteiger partial charge in [0.25, 0.3) is 0 Å². The van der Waals surface area contributed by atoms with Crippen LogP contribution in [0.15, 0.2) is 18.7 Å². The van der Waals surface area contributed by atoms with E-state index >= 15 is 0 Å². The van der Waals surface area contributed by atoms with Gasteiger partial charge in [0.2, 0.25) is 0 Å². The van der Waals surface area contributed by atoms with Crippen molar-refractivity contribution < 1.29 is 8.78 Å². The molecule has 1 aromatic rings. The van der Waals surface area contributed by atoms with Crippen LogP contribution in [0.25, 0.3) is 0 Å². The second kappa shape index (κ2) is 12.8. The lowest BCUT2D eigenvalue weighted by molar-refractivity contribution is 0.337. The number of aromatic nitrogens is 2. The van der Waals surface area contributed by atoms with Gasteiger partial charge in [-0.25, -0.2) is 13.8 Å². The second-order valence-electron chi connectivity index (χ2n) is 6.19. The molecule has 1 heterocycles. The molecule has 0 spiro atoms. The van der Waals surface area contributed by atoms with Crippen LogP contribution >= 0.6 is 0 Å².